The lowest BCUT2D eigenvalue weighted by Gasteiger charge is -2.08. The summed E-state index contributed by atoms with van der Waals surface area (Å²) in [7, 11) is 1.35. The van der Waals surface area contributed by atoms with Gasteiger partial charge in [-0.3, -0.25) is 9.59 Å². The molecule has 5 nitrogen and oxygen atoms in total. The number of ether oxygens (including phenoxy) is 1. The Kier molecular flexibility index (Phi) is 8.83. The van der Waals surface area contributed by atoms with Crippen molar-refractivity contribution in [3.63, 3.8) is 0 Å². The summed E-state index contributed by atoms with van der Waals surface area (Å²) in [5, 5.41) is 2.79. The van der Waals surface area contributed by atoms with Crippen molar-refractivity contribution >= 4 is 41.7 Å². The third-order valence-corrected chi connectivity index (χ3v) is 3.42. The lowest BCUT2D eigenvalue weighted by atomic mass is 10.1. The molecule has 3 N–H and O–H groups in total. The van der Waals surface area contributed by atoms with Crippen molar-refractivity contribution in [2.75, 3.05) is 30.9 Å². The maximum absolute atomic E-state index is 11.9. The molecule has 0 aliphatic heterocycles. The normalized spacial score (nSPS) is 9.50. The van der Waals surface area contributed by atoms with E-state index in [9.17, 15) is 9.59 Å². The standard InChI is InChI=1S/C13H18N2O3S.ClH/c1-9-3-4-10(14)7-11(9)13(17)15-5-6-19-8-12(16)18-2;/h3-4,7H,5-6,8,14H2,1-2H3,(H,15,17);1H. The molecule has 0 heterocycles. The Morgan fingerprint density at radius 1 is 1.40 bits per heavy atom. The van der Waals surface area contributed by atoms with Gasteiger partial charge in [0.05, 0.1) is 12.9 Å². The second-order valence-electron chi connectivity index (χ2n) is 3.96. The number of carbonyl (C=O) groups excluding carboxylic acids is 2. The summed E-state index contributed by atoms with van der Waals surface area (Å²) in [5.74, 6) is 0.540. The SMILES string of the molecule is COC(=O)CSCCNC(=O)c1cc(N)ccc1C.Cl. The summed E-state index contributed by atoms with van der Waals surface area (Å²) in [5.41, 5.74) is 7.69. The monoisotopic (exact) mass is 318 g/mol. The Morgan fingerprint density at radius 3 is 2.75 bits per heavy atom. The molecule has 112 valence electrons. The Balaban J connectivity index is 0.00000361. The number of rotatable bonds is 6. The number of methoxy groups -OCH3 is 1. The fraction of sp³-hybridized carbons (Fsp3) is 0.385. The van der Waals surface area contributed by atoms with Gasteiger partial charge in [0.15, 0.2) is 0 Å². The molecule has 0 aliphatic carbocycles. The molecular weight excluding hydrogens is 300 g/mol. The molecule has 0 saturated carbocycles. The van der Waals surface area contributed by atoms with E-state index in [1.165, 1.54) is 18.9 Å². The zero-order valence-electron chi connectivity index (χ0n) is 11.5. The molecule has 0 aliphatic rings. The molecular formula is C13H19ClN2O3S. The number of amides is 1. The maximum atomic E-state index is 11.9. The van der Waals surface area contributed by atoms with Crippen LogP contribution in [0.2, 0.25) is 0 Å². The van der Waals surface area contributed by atoms with Gasteiger partial charge in [0.1, 0.15) is 0 Å². The van der Waals surface area contributed by atoms with Crippen LogP contribution in [0, 0.1) is 6.92 Å². The highest BCUT2D eigenvalue weighted by molar-refractivity contribution is 7.99. The highest BCUT2D eigenvalue weighted by atomic mass is 35.5. The van der Waals surface area contributed by atoms with Crippen molar-refractivity contribution in [3.05, 3.63) is 29.3 Å². The van der Waals surface area contributed by atoms with Crippen LogP contribution in [-0.4, -0.2) is 37.0 Å². The van der Waals surface area contributed by atoms with Gasteiger partial charge in [-0.2, -0.15) is 0 Å². The van der Waals surface area contributed by atoms with Gasteiger partial charge in [-0.05, 0) is 24.6 Å². The fourth-order valence-electron chi connectivity index (χ4n) is 1.43. The van der Waals surface area contributed by atoms with Crippen LogP contribution in [0.1, 0.15) is 15.9 Å². The predicted octanol–water partition coefficient (Wildman–Crippen LogP) is 1.64. The van der Waals surface area contributed by atoms with Gasteiger partial charge >= 0.3 is 5.97 Å². The number of thioether (sulfide) groups is 1. The lowest BCUT2D eigenvalue weighted by molar-refractivity contribution is -0.137. The second kappa shape index (κ2) is 9.50. The van der Waals surface area contributed by atoms with Gasteiger partial charge in [0.2, 0.25) is 0 Å². The fourth-order valence-corrected chi connectivity index (χ4v) is 2.11. The van der Waals surface area contributed by atoms with Crippen LogP contribution in [0.25, 0.3) is 0 Å². The van der Waals surface area contributed by atoms with Crippen LogP contribution in [0.3, 0.4) is 0 Å². The molecule has 0 bridgehead atoms. The molecule has 0 atom stereocenters. The lowest BCUT2D eigenvalue weighted by Crippen LogP contribution is -2.26. The van der Waals surface area contributed by atoms with Crippen LogP contribution >= 0.6 is 24.2 Å². The molecule has 0 spiro atoms. The Bertz CT molecular complexity index is 469. The van der Waals surface area contributed by atoms with Crippen molar-refractivity contribution in [2.45, 2.75) is 6.92 Å². The van der Waals surface area contributed by atoms with Crippen molar-refractivity contribution in [1.82, 2.24) is 5.32 Å². The van der Waals surface area contributed by atoms with Crippen LogP contribution in [0.15, 0.2) is 18.2 Å². The number of hydrogen-bond donors (Lipinski definition) is 2. The van der Waals surface area contributed by atoms with Crippen LogP contribution in [0.4, 0.5) is 5.69 Å². The molecule has 20 heavy (non-hydrogen) atoms. The van der Waals surface area contributed by atoms with Crippen molar-refractivity contribution < 1.29 is 14.3 Å². The maximum Gasteiger partial charge on any atom is 0.315 e. The number of halogens is 1. The molecule has 0 aromatic heterocycles. The molecule has 0 radical (unpaired) electrons. The van der Waals surface area contributed by atoms with Crippen LogP contribution < -0.4 is 11.1 Å². The van der Waals surface area contributed by atoms with E-state index in [0.29, 0.717) is 29.3 Å². The van der Waals surface area contributed by atoms with E-state index < -0.39 is 0 Å². The summed E-state index contributed by atoms with van der Waals surface area (Å²) in [4.78, 5) is 22.8. The smallest absolute Gasteiger partial charge is 0.315 e. The molecule has 1 amide bonds. The van der Waals surface area contributed by atoms with E-state index in [-0.39, 0.29) is 24.3 Å². The first-order valence-electron chi connectivity index (χ1n) is 5.83. The summed E-state index contributed by atoms with van der Waals surface area (Å²) >= 11 is 1.42. The number of nitrogen functional groups attached to an aromatic ring is 1. The van der Waals surface area contributed by atoms with E-state index in [1.54, 1.807) is 12.1 Å². The van der Waals surface area contributed by atoms with Crippen LogP contribution in [-0.2, 0) is 9.53 Å². The molecule has 0 unspecified atom stereocenters. The third kappa shape index (κ3) is 6.16. The number of carbonyl (C=O) groups is 2. The molecule has 1 aromatic rings. The quantitative estimate of drug-likeness (QED) is 0.473. The van der Waals surface area contributed by atoms with Gasteiger partial charge in [0.25, 0.3) is 5.91 Å². The number of benzene rings is 1. The van der Waals surface area contributed by atoms with Crippen molar-refractivity contribution in [2.24, 2.45) is 0 Å². The summed E-state index contributed by atoms with van der Waals surface area (Å²) < 4.78 is 4.52. The van der Waals surface area contributed by atoms with Gasteiger partial charge in [-0.1, -0.05) is 6.07 Å². The first-order valence-corrected chi connectivity index (χ1v) is 6.99. The second-order valence-corrected chi connectivity index (χ2v) is 5.06. The summed E-state index contributed by atoms with van der Waals surface area (Å²) in [6.07, 6.45) is 0. The molecule has 7 heteroatoms. The molecule has 1 aromatic carbocycles. The van der Waals surface area contributed by atoms with E-state index in [0.717, 1.165) is 5.56 Å². The van der Waals surface area contributed by atoms with Gasteiger partial charge in [-0.25, -0.2) is 0 Å². The third-order valence-electron chi connectivity index (χ3n) is 2.49. The van der Waals surface area contributed by atoms with Crippen molar-refractivity contribution in [1.29, 1.82) is 0 Å². The minimum absolute atomic E-state index is 0. The number of anilines is 1. The van der Waals surface area contributed by atoms with Gasteiger partial charge in [0, 0.05) is 23.5 Å². The summed E-state index contributed by atoms with van der Waals surface area (Å²) in [6.45, 7) is 2.36. The van der Waals surface area contributed by atoms with E-state index >= 15 is 0 Å². The Hall–Kier alpha value is -1.40. The van der Waals surface area contributed by atoms with E-state index in [4.69, 9.17) is 5.73 Å². The molecule has 0 saturated heterocycles. The minimum Gasteiger partial charge on any atom is -0.468 e. The number of nitrogens with two attached hydrogens (primary N) is 1. The predicted molar refractivity (Wildman–Crippen MR) is 84.5 cm³/mol. The zero-order chi connectivity index (χ0) is 14.3. The highest BCUT2D eigenvalue weighted by Gasteiger charge is 2.08. The first kappa shape index (κ1) is 18.6. The zero-order valence-corrected chi connectivity index (χ0v) is 13.1. The Labute approximate surface area is 129 Å². The van der Waals surface area contributed by atoms with Gasteiger partial charge < -0.3 is 15.8 Å². The number of aryl methyl sites for hydroxylation is 1. The first-order chi connectivity index (χ1) is 9.04. The average Bonchev–Trinajstić information content (AvgIpc) is 2.40. The van der Waals surface area contributed by atoms with Crippen molar-refractivity contribution in [3.8, 4) is 0 Å². The van der Waals surface area contributed by atoms with E-state index in [2.05, 4.69) is 10.1 Å². The summed E-state index contributed by atoms with van der Waals surface area (Å²) in [6, 6.07) is 5.24. The topological polar surface area (TPSA) is 81.4 Å². The largest absolute Gasteiger partial charge is 0.468 e. The number of hydrogen-bond acceptors (Lipinski definition) is 5. The average molecular weight is 319 g/mol. The highest BCUT2D eigenvalue weighted by Crippen LogP contribution is 2.12. The number of esters is 1. The van der Waals surface area contributed by atoms with Gasteiger partial charge in [-0.15, -0.1) is 24.2 Å². The number of nitrogens with one attached hydrogen (secondary N) is 1. The molecule has 1 rings (SSSR count). The van der Waals surface area contributed by atoms with E-state index in [1.807, 2.05) is 13.0 Å². The minimum atomic E-state index is -0.261. The van der Waals surface area contributed by atoms with Crippen LogP contribution in [0.5, 0.6) is 0 Å². The Morgan fingerprint density at radius 2 is 2.10 bits per heavy atom. The molecule has 0 fully saturated rings.